The Kier molecular flexibility index (Phi) is 5.17. The molecule has 2 nitrogen and oxygen atoms in total. The van der Waals surface area contributed by atoms with Gasteiger partial charge < -0.3 is 4.43 Å². The van der Waals surface area contributed by atoms with Crippen molar-refractivity contribution in [2.45, 2.75) is 57.8 Å². The molecule has 0 unspecified atom stereocenters. The molecule has 0 amide bonds. The molecule has 0 saturated carbocycles. The van der Waals surface area contributed by atoms with Crippen molar-refractivity contribution in [3.8, 4) is 12.3 Å². The average molecular weight is 250 g/mol. The number of ketones is 1. The van der Waals surface area contributed by atoms with Crippen LogP contribution < -0.4 is 0 Å². The molecule has 0 radical (unpaired) electrons. The normalized spacial score (nSPS) is 20.2. The topological polar surface area (TPSA) is 26.3 Å². The van der Waals surface area contributed by atoms with Crippen molar-refractivity contribution in [1.29, 1.82) is 0 Å². The third kappa shape index (κ3) is 3.30. The molecule has 0 aromatic heterocycles. The zero-order valence-corrected chi connectivity index (χ0v) is 12.1. The predicted octanol–water partition coefficient (Wildman–Crippen LogP) is 3.30. The first-order valence-electron chi connectivity index (χ1n) is 6.46. The van der Waals surface area contributed by atoms with Crippen LogP contribution in [0.5, 0.6) is 0 Å². The third-order valence-corrected chi connectivity index (χ3v) is 8.43. The number of carbonyl (C=O) groups is 1. The van der Waals surface area contributed by atoms with E-state index in [9.17, 15) is 4.79 Å². The summed E-state index contributed by atoms with van der Waals surface area (Å²) in [6, 6.07) is 3.34. The summed E-state index contributed by atoms with van der Waals surface area (Å²) in [5.41, 5.74) is 0.767. The molecule has 1 aliphatic carbocycles. The second-order valence-corrected chi connectivity index (χ2v) is 9.32. The van der Waals surface area contributed by atoms with E-state index in [1.165, 1.54) is 0 Å². The second kappa shape index (κ2) is 6.18. The predicted molar refractivity (Wildman–Crippen MR) is 73.2 cm³/mol. The molecule has 94 valence electrons. The van der Waals surface area contributed by atoms with Crippen LogP contribution in [0, 0.1) is 12.3 Å². The maximum atomic E-state index is 11.7. The minimum absolute atomic E-state index is 0.0163. The first kappa shape index (κ1) is 14.2. The minimum atomic E-state index is -1.61. The van der Waals surface area contributed by atoms with E-state index < -0.39 is 8.32 Å². The van der Waals surface area contributed by atoms with Gasteiger partial charge in [0.2, 0.25) is 0 Å². The van der Waals surface area contributed by atoms with Crippen LogP contribution in [-0.2, 0) is 9.22 Å². The van der Waals surface area contributed by atoms with Crippen LogP contribution in [0.15, 0.2) is 11.6 Å². The van der Waals surface area contributed by atoms with E-state index in [0.29, 0.717) is 12.8 Å². The van der Waals surface area contributed by atoms with Gasteiger partial charge in [-0.15, -0.1) is 12.3 Å². The Hall–Kier alpha value is -0.853. The van der Waals surface area contributed by atoms with Gasteiger partial charge >= 0.3 is 0 Å². The summed E-state index contributed by atoms with van der Waals surface area (Å²) in [6.07, 6.45) is 8.11. The summed E-state index contributed by atoms with van der Waals surface area (Å²) in [5.74, 6) is 2.70. The number of rotatable bonds is 6. The Labute approximate surface area is 106 Å². The highest BCUT2D eigenvalue weighted by molar-refractivity contribution is 6.73. The second-order valence-electron chi connectivity index (χ2n) is 4.60. The summed E-state index contributed by atoms with van der Waals surface area (Å²) < 4.78 is 6.27. The Morgan fingerprint density at radius 2 is 2.00 bits per heavy atom. The van der Waals surface area contributed by atoms with Gasteiger partial charge in [0.1, 0.15) is 0 Å². The highest BCUT2D eigenvalue weighted by atomic mass is 28.4. The first-order chi connectivity index (χ1) is 8.10. The van der Waals surface area contributed by atoms with Gasteiger partial charge in [0.15, 0.2) is 14.1 Å². The van der Waals surface area contributed by atoms with Crippen LogP contribution in [-0.4, -0.2) is 20.2 Å². The molecule has 17 heavy (non-hydrogen) atoms. The Morgan fingerprint density at radius 3 is 2.47 bits per heavy atom. The van der Waals surface area contributed by atoms with Gasteiger partial charge in [-0.1, -0.05) is 20.8 Å². The molecule has 0 N–H and O–H groups in total. The van der Waals surface area contributed by atoms with Crippen molar-refractivity contribution in [2.24, 2.45) is 0 Å². The van der Waals surface area contributed by atoms with E-state index in [4.69, 9.17) is 10.8 Å². The number of carbonyl (C=O) groups excluding carboxylic acids is 1. The number of allylic oxidation sites excluding steroid dienone is 1. The van der Waals surface area contributed by atoms with Crippen LogP contribution >= 0.6 is 0 Å². The Balaban J connectivity index is 2.71. The number of terminal acetylenes is 1. The largest absolute Gasteiger partial charge is 0.410 e. The fraction of sp³-hybridized carbons (Fsp3) is 0.643. The van der Waals surface area contributed by atoms with Gasteiger partial charge in [-0.2, -0.15) is 0 Å². The van der Waals surface area contributed by atoms with Crippen LogP contribution in [0.4, 0.5) is 0 Å². The lowest BCUT2D eigenvalue weighted by Gasteiger charge is -2.30. The molecule has 0 spiro atoms. The molecule has 0 fully saturated rings. The number of hydrogen-bond acceptors (Lipinski definition) is 2. The van der Waals surface area contributed by atoms with Crippen LogP contribution in [0.2, 0.25) is 18.1 Å². The van der Waals surface area contributed by atoms with Gasteiger partial charge in [-0.3, -0.25) is 4.79 Å². The van der Waals surface area contributed by atoms with Crippen molar-refractivity contribution < 1.29 is 9.22 Å². The van der Waals surface area contributed by atoms with E-state index >= 15 is 0 Å². The molecular formula is C14H22O2Si. The van der Waals surface area contributed by atoms with Crippen molar-refractivity contribution in [1.82, 2.24) is 0 Å². The maximum absolute atomic E-state index is 11.7. The number of Topliss-reactive ketones (excluding diaryl/α,β-unsaturated/α-hetero) is 1. The zero-order chi connectivity index (χ0) is 12.9. The maximum Gasteiger partial charge on any atom is 0.192 e. The molecule has 0 aliphatic heterocycles. The molecule has 0 bridgehead atoms. The molecule has 0 heterocycles. The lowest BCUT2D eigenvalue weighted by Crippen LogP contribution is -2.39. The molecule has 1 rings (SSSR count). The van der Waals surface area contributed by atoms with Crippen molar-refractivity contribution in [3.63, 3.8) is 0 Å². The summed E-state index contributed by atoms with van der Waals surface area (Å²) in [7, 11) is -1.61. The van der Waals surface area contributed by atoms with Crippen molar-refractivity contribution in [3.05, 3.63) is 11.6 Å². The van der Waals surface area contributed by atoms with Crippen LogP contribution in [0.3, 0.4) is 0 Å². The monoisotopic (exact) mass is 250 g/mol. The van der Waals surface area contributed by atoms with Gasteiger partial charge in [-0.05, 0) is 24.2 Å². The summed E-state index contributed by atoms with van der Waals surface area (Å²) >= 11 is 0. The standard InChI is InChI=1S/C14H22O2Si/c1-5-9-12-10-13(11-14(12)15)16-17(6-2,7-3)8-4/h1,10,13H,6-9,11H2,2-4H3/t13-/m0/s1. The highest BCUT2D eigenvalue weighted by Gasteiger charge is 2.34. The summed E-state index contributed by atoms with van der Waals surface area (Å²) in [4.78, 5) is 11.7. The van der Waals surface area contributed by atoms with E-state index in [1.54, 1.807) is 0 Å². The van der Waals surface area contributed by atoms with E-state index in [-0.39, 0.29) is 11.9 Å². The molecule has 0 aromatic carbocycles. The van der Waals surface area contributed by atoms with Gasteiger partial charge in [0.25, 0.3) is 0 Å². The fourth-order valence-corrected chi connectivity index (χ4v) is 5.15. The van der Waals surface area contributed by atoms with Gasteiger partial charge in [-0.25, -0.2) is 0 Å². The average Bonchev–Trinajstić information content (AvgIpc) is 2.67. The van der Waals surface area contributed by atoms with Crippen molar-refractivity contribution >= 4 is 14.1 Å². The zero-order valence-electron chi connectivity index (χ0n) is 11.1. The van der Waals surface area contributed by atoms with E-state index in [1.807, 2.05) is 6.08 Å². The third-order valence-electron chi connectivity index (χ3n) is 3.76. The molecule has 1 aliphatic rings. The Bertz CT molecular complexity index is 339. The first-order valence-corrected chi connectivity index (χ1v) is 8.99. The van der Waals surface area contributed by atoms with Crippen LogP contribution in [0.25, 0.3) is 0 Å². The molecule has 0 saturated heterocycles. The Morgan fingerprint density at radius 1 is 1.41 bits per heavy atom. The number of hydrogen-bond donors (Lipinski definition) is 0. The molecule has 1 atom stereocenters. The van der Waals surface area contributed by atoms with Crippen LogP contribution in [0.1, 0.15) is 33.6 Å². The fourth-order valence-electron chi connectivity index (χ4n) is 2.35. The molecule has 3 heteroatoms. The lowest BCUT2D eigenvalue weighted by molar-refractivity contribution is -0.115. The smallest absolute Gasteiger partial charge is 0.192 e. The highest BCUT2D eigenvalue weighted by Crippen LogP contribution is 2.28. The molecular weight excluding hydrogens is 228 g/mol. The summed E-state index contributed by atoms with van der Waals surface area (Å²) in [5, 5.41) is 0. The van der Waals surface area contributed by atoms with E-state index in [0.717, 1.165) is 23.7 Å². The van der Waals surface area contributed by atoms with E-state index in [2.05, 4.69) is 26.7 Å². The molecule has 0 aromatic rings. The lowest BCUT2D eigenvalue weighted by atomic mass is 10.1. The van der Waals surface area contributed by atoms with Gasteiger partial charge in [0, 0.05) is 18.4 Å². The van der Waals surface area contributed by atoms with Gasteiger partial charge in [0.05, 0.1) is 6.10 Å². The van der Waals surface area contributed by atoms with Crippen molar-refractivity contribution in [2.75, 3.05) is 0 Å². The quantitative estimate of drug-likeness (QED) is 0.534. The minimum Gasteiger partial charge on any atom is -0.410 e. The summed E-state index contributed by atoms with van der Waals surface area (Å²) in [6.45, 7) is 6.59. The SMILES string of the molecule is C#CCC1=C[C@H](O[Si](CC)(CC)CC)CC1=O.